The summed E-state index contributed by atoms with van der Waals surface area (Å²) < 4.78 is 26.0. The molecule has 6 heteroatoms. The molecule has 1 unspecified atom stereocenters. The van der Waals surface area contributed by atoms with E-state index < -0.39 is 22.9 Å². The van der Waals surface area contributed by atoms with Gasteiger partial charge in [-0.15, -0.1) is 0 Å². The van der Waals surface area contributed by atoms with Crippen LogP contribution in [-0.4, -0.2) is 22.9 Å². The molecule has 208 valence electrons. The lowest BCUT2D eigenvalue weighted by molar-refractivity contribution is 0.0541. The summed E-state index contributed by atoms with van der Waals surface area (Å²) in [6.45, 7) is 22.5. The van der Waals surface area contributed by atoms with E-state index in [-0.39, 0.29) is 10.1 Å². The zero-order valence-corrected chi connectivity index (χ0v) is 27.2. The Labute approximate surface area is 237 Å². The van der Waals surface area contributed by atoms with E-state index in [9.17, 15) is 0 Å². The first kappa shape index (κ1) is 29.0. The first-order chi connectivity index (χ1) is 18.1. The normalized spacial score (nSPS) is 16.1. The van der Waals surface area contributed by atoms with Crippen LogP contribution in [0.1, 0.15) is 52.7 Å². The number of fused-ring (bicyclic) bond motifs is 1. The molecule has 0 aliphatic carbocycles. The van der Waals surface area contributed by atoms with Gasteiger partial charge in [0.1, 0.15) is 23.0 Å². The predicted octanol–water partition coefficient (Wildman–Crippen LogP) is 9.79. The van der Waals surface area contributed by atoms with Gasteiger partial charge in [-0.2, -0.15) is 0 Å². The first-order valence-corrected chi connectivity index (χ1v) is 19.6. The van der Waals surface area contributed by atoms with E-state index in [0.717, 1.165) is 39.7 Å². The quantitative estimate of drug-likeness (QED) is 0.270. The van der Waals surface area contributed by atoms with Gasteiger partial charge in [0.05, 0.1) is 0 Å². The summed E-state index contributed by atoms with van der Waals surface area (Å²) in [7, 11) is -3.90. The van der Waals surface area contributed by atoms with Crippen LogP contribution >= 0.6 is 0 Å². The molecule has 3 aromatic rings. The van der Waals surface area contributed by atoms with Crippen molar-refractivity contribution in [2.45, 2.75) is 84.1 Å². The summed E-state index contributed by atoms with van der Waals surface area (Å²) in [6, 6.07) is 24.2. The van der Waals surface area contributed by atoms with Gasteiger partial charge in [-0.05, 0) is 84.3 Å². The summed E-state index contributed by atoms with van der Waals surface area (Å²) in [5.74, 6) is 3.25. The molecule has 1 aliphatic rings. The summed E-state index contributed by atoms with van der Waals surface area (Å²) >= 11 is 0. The van der Waals surface area contributed by atoms with E-state index in [1.807, 2.05) is 42.5 Å². The fourth-order valence-electron chi connectivity index (χ4n) is 3.75. The van der Waals surface area contributed by atoms with Crippen LogP contribution in [-0.2, 0) is 0 Å². The Hall–Kier alpha value is -2.97. The second-order valence-electron chi connectivity index (χ2n) is 13.4. The van der Waals surface area contributed by atoms with Crippen molar-refractivity contribution in [2.24, 2.45) is 0 Å². The lowest BCUT2D eigenvalue weighted by atomic mass is 9.99. The summed E-state index contributed by atoms with van der Waals surface area (Å²) in [6.07, 6.45) is 1.56. The Morgan fingerprint density at radius 2 is 1.18 bits per heavy atom. The van der Waals surface area contributed by atoms with Gasteiger partial charge in [0.15, 0.2) is 0 Å². The highest BCUT2D eigenvalue weighted by atomic mass is 28.4. The van der Waals surface area contributed by atoms with E-state index in [4.69, 9.17) is 18.3 Å². The van der Waals surface area contributed by atoms with Gasteiger partial charge >= 0.3 is 0 Å². The number of benzene rings is 3. The molecule has 0 spiro atoms. The van der Waals surface area contributed by atoms with Crippen LogP contribution in [0.5, 0.6) is 23.0 Å². The third-order valence-corrected chi connectivity index (χ3v) is 17.0. The van der Waals surface area contributed by atoms with E-state index in [2.05, 4.69) is 104 Å². The van der Waals surface area contributed by atoms with Gasteiger partial charge in [-0.3, -0.25) is 0 Å². The SMILES string of the molecule is CC(C)(C)[Si](C)(C)Oc1ccc(C2=Cc3ccc(O[Si](C)(C)C(C)(C)C)cc3OC2Oc2ccccc2)cc1. The van der Waals surface area contributed by atoms with Crippen molar-refractivity contribution >= 4 is 28.3 Å². The van der Waals surface area contributed by atoms with Crippen LogP contribution in [0, 0.1) is 0 Å². The molecule has 0 amide bonds. The zero-order chi connectivity index (χ0) is 28.6. The van der Waals surface area contributed by atoms with Crippen LogP contribution in [0.2, 0.25) is 36.3 Å². The minimum Gasteiger partial charge on any atom is -0.544 e. The molecule has 4 nitrogen and oxygen atoms in total. The molecule has 39 heavy (non-hydrogen) atoms. The Morgan fingerprint density at radius 1 is 0.641 bits per heavy atom. The van der Waals surface area contributed by atoms with Crippen LogP contribution in [0.3, 0.4) is 0 Å². The first-order valence-electron chi connectivity index (χ1n) is 13.8. The number of rotatable bonds is 7. The molecular formula is C33H44O4Si2. The number of hydrogen-bond donors (Lipinski definition) is 0. The Kier molecular flexibility index (Phi) is 7.85. The van der Waals surface area contributed by atoms with Gasteiger partial charge < -0.3 is 18.3 Å². The molecule has 0 radical (unpaired) electrons. The second kappa shape index (κ2) is 10.5. The van der Waals surface area contributed by atoms with Crippen molar-refractivity contribution in [3.8, 4) is 23.0 Å². The maximum atomic E-state index is 6.56. The molecule has 0 bridgehead atoms. The van der Waals surface area contributed by atoms with E-state index in [1.54, 1.807) is 0 Å². The minimum atomic E-state index is -1.98. The number of hydrogen-bond acceptors (Lipinski definition) is 4. The largest absolute Gasteiger partial charge is 0.544 e. The van der Waals surface area contributed by atoms with Crippen molar-refractivity contribution in [2.75, 3.05) is 0 Å². The Morgan fingerprint density at radius 3 is 1.74 bits per heavy atom. The molecule has 0 saturated heterocycles. The molecule has 0 fully saturated rings. The maximum Gasteiger partial charge on any atom is 0.268 e. The lowest BCUT2D eigenvalue weighted by Gasteiger charge is -2.37. The number of para-hydroxylation sites is 1. The van der Waals surface area contributed by atoms with Crippen LogP contribution < -0.4 is 18.3 Å². The standard InChI is InChI=1S/C33H44O4Si2/c1-32(2,3)38(7,8)36-27-19-16-24(17-20-27)29-22-25-18-21-28(37-39(9,10)33(4,5)6)23-30(25)35-31(29)34-26-14-12-11-13-15-26/h11-23,31H,1-10H3. The molecular weight excluding hydrogens is 517 g/mol. The molecule has 0 saturated carbocycles. The topological polar surface area (TPSA) is 36.9 Å². The molecule has 3 aromatic carbocycles. The van der Waals surface area contributed by atoms with Crippen molar-refractivity contribution < 1.29 is 18.3 Å². The van der Waals surface area contributed by atoms with Crippen LogP contribution in [0.15, 0.2) is 72.8 Å². The molecule has 1 atom stereocenters. The van der Waals surface area contributed by atoms with Gasteiger partial charge in [0.25, 0.3) is 6.29 Å². The molecule has 1 aliphatic heterocycles. The summed E-state index contributed by atoms with van der Waals surface area (Å²) in [5, 5.41) is 0.243. The third kappa shape index (κ3) is 6.61. The fourth-order valence-corrected chi connectivity index (χ4v) is 5.81. The lowest BCUT2D eigenvalue weighted by Crippen LogP contribution is -2.43. The van der Waals surface area contributed by atoms with Gasteiger partial charge in [-0.25, -0.2) is 0 Å². The van der Waals surface area contributed by atoms with Gasteiger partial charge in [0, 0.05) is 17.2 Å². The Bertz CT molecular complexity index is 1310. The highest BCUT2D eigenvalue weighted by Crippen LogP contribution is 2.42. The molecule has 4 rings (SSSR count). The predicted molar refractivity (Wildman–Crippen MR) is 168 cm³/mol. The monoisotopic (exact) mass is 560 g/mol. The Balaban J connectivity index is 1.67. The average Bonchev–Trinajstić information content (AvgIpc) is 2.83. The van der Waals surface area contributed by atoms with E-state index in [0.29, 0.717) is 0 Å². The smallest absolute Gasteiger partial charge is 0.268 e. The number of ether oxygens (including phenoxy) is 2. The van der Waals surface area contributed by atoms with Crippen molar-refractivity contribution in [1.29, 1.82) is 0 Å². The second-order valence-corrected chi connectivity index (χ2v) is 22.9. The third-order valence-electron chi connectivity index (χ3n) is 8.32. The van der Waals surface area contributed by atoms with Crippen molar-refractivity contribution in [3.05, 3.63) is 83.9 Å². The summed E-state index contributed by atoms with van der Waals surface area (Å²) in [4.78, 5) is 0. The van der Waals surface area contributed by atoms with Crippen LogP contribution in [0.4, 0.5) is 0 Å². The minimum absolute atomic E-state index is 0.107. The van der Waals surface area contributed by atoms with Gasteiger partial charge in [0.2, 0.25) is 16.6 Å². The molecule has 0 aromatic heterocycles. The zero-order valence-electron chi connectivity index (χ0n) is 25.2. The van der Waals surface area contributed by atoms with Crippen LogP contribution in [0.25, 0.3) is 11.6 Å². The van der Waals surface area contributed by atoms with Crippen molar-refractivity contribution in [3.63, 3.8) is 0 Å². The maximum absolute atomic E-state index is 6.56. The highest BCUT2D eigenvalue weighted by Gasteiger charge is 2.40. The molecule has 1 heterocycles. The molecule has 0 N–H and O–H groups in total. The highest BCUT2D eigenvalue weighted by molar-refractivity contribution is 6.75. The average molecular weight is 561 g/mol. The van der Waals surface area contributed by atoms with Gasteiger partial charge in [-0.1, -0.05) is 71.9 Å². The van der Waals surface area contributed by atoms with E-state index in [1.165, 1.54) is 0 Å². The van der Waals surface area contributed by atoms with Crippen molar-refractivity contribution in [1.82, 2.24) is 0 Å². The van der Waals surface area contributed by atoms with E-state index >= 15 is 0 Å². The fraction of sp³-hybridized carbons (Fsp3) is 0.394. The summed E-state index contributed by atoms with van der Waals surface area (Å²) in [5.41, 5.74) is 3.00.